The molecule has 1 aromatic heterocycles. The van der Waals surface area contributed by atoms with Crippen molar-refractivity contribution in [2.45, 2.75) is 38.1 Å². The van der Waals surface area contributed by atoms with Crippen LogP contribution in [0, 0.1) is 5.92 Å². The van der Waals surface area contributed by atoms with Crippen molar-refractivity contribution >= 4 is 11.7 Å². The molecule has 0 spiro atoms. The van der Waals surface area contributed by atoms with E-state index < -0.39 is 0 Å². The second kappa shape index (κ2) is 9.10. The Morgan fingerprint density at radius 1 is 1.44 bits per heavy atom. The van der Waals surface area contributed by atoms with Crippen LogP contribution in [0.25, 0.3) is 0 Å². The normalized spacial score (nSPS) is 21.5. The lowest BCUT2D eigenvalue weighted by Gasteiger charge is -2.35. The molecule has 1 aliphatic heterocycles. The Morgan fingerprint density at radius 2 is 2.28 bits per heavy atom. The number of morpholine rings is 1. The minimum atomic E-state index is -0.202. The van der Waals surface area contributed by atoms with Crippen LogP contribution in [0.4, 0.5) is 5.82 Å². The van der Waals surface area contributed by atoms with Crippen LogP contribution in [0.5, 0.6) is 0 Å². The van der Waals surface area contributed by atoms with Gasteiger partial charge in [-0.25, -0.2) is 9.97 Å². The van der Waals surface area contributed by atoms with E-state index in [0.717, 1.165) is 5.82 Å². The lowest BCUT2D eigenvalue weighted by molar-refractivity contribution is -0.141. The lowest BCUT2D eigenvalue weighted by Crippen LogP contribution is -2.44. The van der Waals surface area contributed by atoms with Gasteiger partial charge in [-0.3, -0.25) is 4.79 Å². The van der Waals surface area contributed by atoms with Gasteiger partial charge < -0.3 is 19.7 Å². The number of carbonyl (C=O) groups is 1. The summed E-state index contributed by atoms with van der Waals surface area (Å²) < 4.78 is 10.7. The fraction of sp³-hybridized carbons (Fsp3) is 0.722. The Kier molecular flexibility index (Phi) is 6.58. The molecule has 1 aromatic rings. The number of carbonyl (C=O) groups excluding carboxylic acids is 1. The van der Waals surface area contributed by atoms with Gasteiger partial charge in [0, 0.05) is 32.8 Å². The summed E-state index contributed by atoms with van der Waals surface area (Å²) in [6, 6.07) is 1.62. The first kappa shape index (κ1) is 18.1. The highest BCUT2D eigenvalue weighted by Crippen LogP contribution is 2.30. The van der Waals surface area contributed by atoms with Crippen LogP contribution in [0.15, 0.2) is 12.3 Å². The van der Waals surface area contributed by atoms with E-state index in [9.17, 15) is 4.79 Å². The van der Waals surface area contributed by atoms with Crippen molar-refractivity contribution in [1.82, 2.24) is 14.9 Å². The molecule has 1 saturated heterocycles. The number of anilines is 1. The zero-order chi connectivity index (χ0) is 17.5. The van der Waals surface area contributed by atoms with E-state index in [2.05, 4.69) is 15.3 Å². The molecule has 0 bridgehead atoms. The molecule has 1 amide bonds. The fourth-order valence-corrected chi connectivity index (χ4v) is 3.61. The third kappa shape index (κ3) is 4.89. The minimum absolute atomic E-state index is 0.202. The number of amides is 1. The molecule has 2 fully saturated rings. The molecule has 1 aliphatic carbocycles. The molecular weight excluding hydrogens is 320 g/mol. The summed E-state index contributed by atoms with van der Waals surface area (Å²) in [6.07, 6.45) is 7.23. The summed E-state index contributed by atoms with van der Waals surface area (Å²) in [6.45, 7) is 2.94. The van der Waals surface area contributed by atoms with Crippen molar-refractivity contribution in [3.05, 3.63) is 18.1 Å². The van der Waals surface area contributed by atoms with E-state index in [1.54, 1.807) is 13.3 Å². The van der Waals surface area contributed by atoms with Crippen LogP contribution in [-0.2, 0) is 14.3 Å². The number of ether oxygens (including phenoxy) is 2. The second-order valence-electron chi connectivity index (χ2n) is 6.75. The van der Waals surface area contributed by atoms with Gasteiger partial charge in [0.25, 0.3) is 0 Å². The molecular formula is C18H28N4O3. The standard InChI is InChI=1S/C18H28N4O3/c1-24-10-8-19-16-6-7-20-18(21-16)15-13-25-11-9-22(15)17(23)12-14-4-2-3-5-14/h6-7,14-15H,2-5,8-13H2,1H3,(H,19,20,21)/t15-/m0/s1. The Balaban J connectivity index is 1.67. The zero-order valence-corrected chi connectivity index (χ0v) is 14.9. The molecule has 0 aromatic carbocycles. The van der Waals surface area contributed by atoms with Crippen molar-refractivity contribution in [1.29, 1.82) is 0 Å². The second-order valence-corrected chi connectivity index (χ2v) is 6.75. The van der Waals surface area contributed by atoms with E-state index >= 15 is 0 Å². The Hall–Kier alpha value is -1.73. The number of rotatable bonds is 7. The molecule has 1 saturated carbocycles. The first-order valence-electron chi connectivity index (χ1n) is 9.21. The molecule has 1 N–H and O–H groups in total. The van der Waals surface area contributed by atoms with Crippen molar-refractivity contribution in [3.8, 4) is 0 Å². The van der Waals surface area contributed by atoms with Gasteiger partial charge in [-0.2, -0.15) is 0 Å². The smallest absolute Gasteiger partial charge is 0.223 e. The molecule has 0 unspecified atom stereocenters. The van der Waals surface area contributed by atoms with Crippen LogP contribution >= 0.6 is 0 Å². The number of methoxy groups -OCH3 is 1. The molecule has 138 valence electrons. The van der Waals surface area contributed by atoms with Gasteiger partial charge in [0.2, 0.25) is 5.91 Å². The Bertz CT molecular complexity index is 563. The molecule has 7 nitrogen and oxygen atoms in total. The summed E-state index contributed by atoms with van der Waals surface area (Å²) in [7, 11) is 1.67. The van der Waals surface area contributed by atoms with Crippen LogP contribution in [0.3, 0.4) is 0 Å². The summed E-state index contributed by atoms with van der Waals surface area (Å²) in [5, 5.41) is 3.21. The summed E-state index contributed by atoms with van der Waals surface area (Å²) >= 11 is 0. The topological polar surface area (TPSA) is 76.6 Å². The van der Waals surface area contributed by atoms with Crippen LogP contribution in [-0.4, -0.2) is 60.8 Å². The maximum atomic E-state index is 12.8. The largest absolute Gasteiger partial charge is 0.383 e. The number of nitrogens with zero attached hydrogens (tertiary/aromatic N) is 3. The first-order chi connectivity index (χ1) is 12.3. The van der Waals surface area contributed by atoms with Crippen LogP contribution in [0.2, 0.25) is 0 Å². The molecule has 7 heteroatoms. The predicted octanol–water partition coefficient (Wildman–Crippen LogP) is 2.02. The molecule has 25 heavy (non-hydrogen) atoms. The van der Waals surface area contributed by atoms with Gasteiger partial charge in [0.15, 0.2) is 5.82 Å². The third-order valence-corrected chi connectivity index (χ3v) is 4.97. The Labute approximate surface area is 149 Å². The van der Waals surface area contributed by atoms with E-state index in [1.807, 2.05) is 11.0 Å². The number of hydrogen-bond donors (Lipinski definition) is 1. The van der Waals surface area contributed by atoms with Gasteiger partial charge in [-0.05, 0) is 24.8 Å². The molecule has 2 heterocycles. The van der Waals surface area contributed by atoms with Crippen LogP contribution < -0.4 is 5.32 Å². The predicted molar refractivity (Wildman–Crippen MR) is 94.2 cm³/mol. The monoisotopic (exact) mass is 348 g/mol. The fourth-order valence-electron chi connectivity index (χ4n) is 3.61. The quantitative estimate of drug-likeness (QED) is 0.760. The van der Waals surface area contributed by atoms with E-state index in [-0.39, 0.29) is 11.9 Å². The highest BCUT2D eigenvalue weighted by Gasteiger charge is 2.32. The Morgan fingerprint density at radius 3 is 3.08 bits per heavy atom. The number of hydrogen-bond acceptors (Lipinski definition) is 6. The highest BCUT2D eigenvalue weighted by atomic mass is 16.5. The molecule has 3 rings (SSSR count). The van der Waals surface area contributed by atoms with Crippen molar-refractivity contribution in [2.75, 3.05) is 45.3 Å². The summed E-state index contributed by atoms with van der Waals surface area (Å²) in [5.74, 6) is 2.14. The van der Waals surface area contributed by atoms with Crippen LogP contribution in [0.1, 0.15) is 44.0 Å². The molecule has 2 aliphatic rings. The van der Waals surface area contributed by atoms with Crippen molar-refractivity contribution in [2.24, 2.45) is 5.92 Å². The molecule has 0 radical (unpaired) electrons. The average molecular weight is 348 g/mol. The number of nitrogens with one attached hydrogen (secondary N) is 1. The van der Waals surface area contributed by atoms with E-state index in [4.69, 9.17) is 9.47 Å². The maximum absolute atomic E-state index is 12.8. The van der Waals surface area contributed by atoms with Gasteiger partial charge in [-0.1, -0.05) is 12.8 Å². The molecule has 1 atom stereocenters. The van der Waals surface area contributed by atoms with E-state index in [0.29, 0.717) is 51.1 Å². The van der Waals surface area contributed by atoms with Crippen molar-refractivity contribution in [3.63, 3.8) is 0 Å². The van der Waals surface area contributed by atoms with E-state index in [1.165, 1.54) is 25.7 Å². The maximum Gasteiger partial charge on any atom is 0.223 e. The van der Waals surface area contributed by atoms with Crippen molar-refractivity contribution < 1.29 is 14.3 Å². The minimum Gasteiger partial charge on any atom is -0.383 e. The van der Waals surface area contributed by atoms with Gasteiger partial charge in [0.05, 0.1) is 19.8 Å². The SMILES string of the molecule is COCCNc1ccnc([C@@H]2COCCN2C(=O)CC2CCCC2)n1. The van der Waals surface area contributed by atoms with Gasteiger partial charge in [-0.15, -0.1) is 0 Å². The summed E-state index contributed by atoms with van der Waals surface area (Å²) in [4.78, 5) is 23.7. The lowest BCUT2D eigenvalue weighted by atomic mass is 10.0. The first-order valence-corrected chi connectivity index (χ1v) is 9.21. The highest BCUT2D eigenvalue weighted by molar-refractivity contribution is 5.77. The zero-order valence-electron chi connectivity index (χ0n) is 14.9. The van der Waals surface area contributed by atoms with Gasteiger partial charge in [0.1, 0.15) is 11.9 Å². The average Bonchev–Trinajstić information content (AvgIpc) is 3.15. The van der Waals surface area contributed by atoms with Gasteiger partial charge >= 0.3 is 0 Å². The third-order valence-electron chi connectivity index (χ3n) is 4.97. The summed E-state index contributed by atoms with van der Waals surface area (Å²) in [5.41, 5.74) is 0. The number of aromatic nitrogens is 2.